The van der Waals surface area contributed by atoms with Gasteiger partial charge in [-0.3, -0.25) is 9.59 Å². The minimum absolute atomic E-state index is 0.177. The summed E-state index contributed by atoms with van der Waals surface area (Å²) < 4.78 is 16.3. The Labute approximate surface area is 170 Å². The van der Waals surface area contributed by atoms with E-state index in [1.54, 1.807) is 42.7 Å². The molecule has 3 rings (SSSR count). The predicted octanol–water partition coefficient (Wildman–Crippen LogP) is 4.22. The Morgan fingerprint density at radius 2 is 1.96 bits per heavy atom. The zero-order valence-corrected chi connectivity index (χ0v) is 16.5. The van der Waals surface area contributed by atoms with Gasteiger partial charge in [0, 0.05) is 24.4 Å². The van der Waals surface area contributed by atoms with Crippen LogP contribution >= 0.6 is 15.9 Å². The normalized spacial score (nSPS) is 10.6. The van der Waals surface area contributed by atoms with Crippen LogP contribution < -0.4 is 10.6 Å². The summed E-state index contributed by atoms with van der Waals surface area (Å²) in [5.74, 6) is 0.334. The smallest absolute Gasteiger partial charge is 0.291 e. The molecule has 146 valence electrons. The fraction of sp³-hybridized carbons (Fsp3) is 0.200. The van der Waals surface area contributed by atoms with Gasteiger partial charge < -0.3 is 24.2 Å². The van der Waals surface area contributed by atoms with E-state index in [9.17, 15) is 9.59 Å². The number of hydrogen-bond acceptors (Lipinski definition) is 5. The van der Waals surface area contributed by atoms with E-state index in [2.05, 4.69) is 26.6 Å². The molecule has 0 atom stereocenters. The van der Waals surface area contributed by atoms with Gasteiger partial charge in [0.05, 0.1) is 6.26 Å². The van der Waals surface area contributed by atoms with Crippen molar-refractivity contribution < 1.29 is 23.2 Å². The van der Waals surface area contributed by atoms with Crippen LogP contribution in [0.1, 0.15) is 33.1 Å². The molecule has 2 amide bonds. The number of benzene rings is 1. The highest BCUT2D eigenvalue weighted by molar-refractivity contribution is 9.10. The Morgan fingerprint density at radius 3 is 2.71 bits per heavy atom. The molecule has 0 radical (unpaired) electrons. The van der Waals surface area contributed by atoms with E-state index >= 15 is 0 Å². The second-order valence-corrected chi connectivity index (χ2v) is 6.66. The van der Waals surface area contributed by atoms with Crippen molar-refractivity contribution in [2.75, 3.05) is 18.5 Å². The van der Waals surface area contributed by atoms with Gasteiger partial charge in [0.1, 0.15) is 12.4 Å². The van der Waals surface area contributed by atoms with Gasteiger partial charge in [-0.2, -0.15) is 0 Å². The van der Waals surface area contributed by atoms with Crippen molar-refractivity contribution in [1.29, 1.82) is 0 Å². The van der Waals surface area contributed by atoms with Crippen LogP contribution in [0.3, 0.4) is 0 Å². The Hall–Kier alpha value is -2.84. The molecule has 0 unspecified atom stereocenters. The van der Waals surface area contributed by atoms with Gasteiger partial charge in [-0.25, -0.2) is 0 Å². The molecule has 0 bridgehead atoms. The van der Waals surface area contributed by atoms with E-state index < -0.39 is 5.91 Å². The molecule has 7 nitrogen and oxygen atoms in total. The molecular formula is C20H19BrN2O5. The van der Waals surface area contributed by atoms with E-state index in [1.165, 1.54) is 0 Å². The van der Waals surface area contributed by atoms with Gasteiger partial charge in [0.15, 0.2) is 10.4 Å². The third-order valence-electron chi connectivity index (χ3n) is 3.76. The number of anilines is 1. The number of ether oxygens (including phenoxy) is 1. The van der Waals surface area contributed by atoms with Crippen molar-refractivity contribution in [1.82, 2.24) is 5.32 Å². The van der Waals surface area contributed by atoms with Crippen LogP contribution in [0.15, 0.2) is 68.3 Å². The lowest BCUT2D eigenvalue weighted by molar-refractivity contribution is 0.0916. The number of furan rings is 2. The lowest BCUT2D eigenvalue weighted by Gasteiger charge is -2.08. The maximum Gasteiger partial charge on any atom is 0.291 e. The molecular weight excluding hydrogens is 428 g/mol. The molecule has 0 saturated carbocycles. The first-order valence-electron chi connectivity index (χ1n) is 8.67. The average molecular weight is 447 g/mol. The van der Waals surface area contributed by atoms with E-state index in [0.717, 1.165) is 5.76 Å². The third kappa shape index (κ3) is 5.83. The molecule has 3 aromatic rings. The maximum absolute atomic E-state index is 12.3. The lowest BCUT2D eigenvalue weighted by Crippen LogP contribution is -2.25. The van der Waals surface area contributed by atoms with Gasteiger partial charge in [-0.05, 0) is 64.8 Å². The van der Waals surface area contributed by atoms with Gasteiger partial charge >= 0.3 is 0 Å². The molecule has 2 heterocycles. The van der Waals surface area contributed by atoms with Crippen molar-refractivity contribution in [2.45, 2.75) is 13.0 Å². The summed E-state index contributed by atoms with van der Waals surface area (Å²) in [6.07, 6.45) is 2.28. The first-order chi connectivity index (χ1) is 13.6. The zero-order chi connectivity index (χ0) is 19.8. The number of amides is 2. The second kappa shape index (κ2) is 9.91. The molecule has 0 spiro atoms. The molecule has 0 aliphatic rings. The van der Waals surface area contributed by atoms with Gasteiger partial charge in [-0.15, -0.1) is 0 Å². The summed E-state index contributed by atoms with van der Waals surface area (Å²) in [6, 6.07) is 13.5. The highest BCUT2D eigenvalue weighted by atomic mass is 79.9. The van der Waals surface area contributed by atoms with E-state index in [-0.39, 0.29) is 11.7 Å². The molecule has 8 heteroatoms. The van der Waals surface area contributed by atoms with Crippen LogP contribution in [-0.2, 0) is 11.3 Å². The quantitative estimate of drug-likeness (QED) is 0.479. The van der Waals surface area contributed by atoms with Crippen LogP contribution in [0.2, 0.25) is 0 Å². The zero-order valence-electron chi connectivity index (χ0n) is 14.9. The summed E-state index contributed by atoms with van der Waals surface area (Å²) in [7, 11) is 0. The van der Waals surface area contributed by atoms with E-state index in [4.69, 9.17) is 13.6 Å². The van der Waals surface area contributed by atoms with Crippen LogP contribution in [0.25, 0.3) is 0 Å². The summed E-state index contributed by atoms with van der Waals surface area (Å²) in [5.41, 5.74) is 0.960. The highest BCUT2D eigenvalue weighted by Gasteiger charge is 2.12. The topological polar surface area (TPSA) is 93.7 Å². The standard InChI is InChI=1S/C20H19BrN2O5/c21-18-8-7-17(28-18)20(25)23-15-5-1-4-14(12-15)19(24)22-9-3-10-26-13-16-6-2-11-27-16/h1-2,4-8,11-12H,3,9-10,13H2,(H,22,24)(H,23,25). The van der Waals surface area contributed by atoms with E-state index in [0.29, 0.717) is 42.1 Å². The van der Waals surface area contributed by atoms with Gasteiger partial charge in [0.25, 0.3) is 11.8 Å². The molecule has 28 heavy (non-hydrogen) atoms. The van der Waals surface area contributed by atoms with Gasteiger partial charge in [0.2, 0.25) is 0 Å². The van der Waals surface area contributed by atoms with Crippen molar-refractivity contribution in [3.63, 3.8) is 0 Å². The van der Waals surface area contributed by atoms with Crippen LogP contribution in [0.5, 0.6) is 0 Å². The molecule has 1 aromatic carbocycles. The third-order valence-corrected chi connectivity index (χ3v) is 4.18. The Morgan fingerprint density at radius 1 is 1.07 bits per heavy atom. The van der Waals surface area contributed by atoms with Crippen molar-refractivity contribution in [3.8, 4) is 0 Å². The lowest BCUT2D eigenvalue weighted by atomic mass is 10.2. The number of carbonyl (C=O) groups excluding carboxylic acids is 2. The van der Waals surface area contributed by atoms with Crippen LogP contribution in [0.4, 0.5) is 5.69 Å². The molecule has 0 saturated heterocycles. The van der Waals surface area contributed by atoms with Gasteiger partial charge in [-0.1, -0.05) is 6.07 Å². The molecule has 2 aromatic heterocycles. The fourth-order valence-electron chi connectivity index (χ4n) is 2.41. The Bertz CT molecular complexity index is 920. The largest absolute Gasteiger partial charge is 0.467 e. The Balaban J connectivity index is 1.42. The number of nitrogens with one attached hydrogen (secondary N) is 2. The van der Waals surface area contributed by atoms with Crippen LogP contribution in [0, 0.1) is 0 Å². The van der Waals surface area contributed by atoms with E-state index in [1.807, 2.05) is 12.1 Å². The minimum Gasteiger partial charge on any atom is -0.467 e. The van der Waals surface area contributed by atoms with Crippen molar-refractivity contribution in [3.05, 3.63) is 76.5 Å². The summed E-state index contributed by atoms with van der Waals surface area (Å²) >= 11 is 3.15. The van der Waals surface area contributed by atoms with Crippen molar-refractivity contribution in [2.24, 2.45) is 0 Å². The first-order valence-corrected chi connectivity index (χ1v) is 9.46. The number of hydrogen-bond donors (Lipinski definition) is 2. The summed E-state index contributed by atoms with van der Waals surface area (Å²) in [6.45, 7) is 1.40. The Kier molecular flexibility index (Phi) is 7.05. The number of halogens is 1. The number of carbonyl (C=O) groups is 2. The predicted molar refractivity (Wildman–Crippen MR) is 106 cm³/mol. The van der Waals surface area contributed by atoms with Crippen molar-refractivity contribution >= 4 is 33.4 Å². The highest BCUT2D eigenvalue weighted by Crippen LogP contribution is 2.17. The molecule has 0 fully saturated rings. The minimum atomic E-state index is -0.392. The second-order valence-electron chi connectivity index (χ2n) is 5.88. The number of rotatable bonds is 9. The summed E-state index contributed by atoms with van der Waals surface area (Å²) in [4.78, 5) is 24.4. The average Bonchev–Trinajstić information content (AvgIpc) is 3.36. The summed E-state index contributed by atoms with van der Waals surface area (Å²) in [5, 5.41) is 5.53. The van der Waals surface area contributed by atoms with Crippen LogP contribution in [-0.4, -0.2) is 25.0 Å². The molecule has 2 N–H and O–H groups in total. The molecule has 0 aliphatic heterocycles. The fourth-order valence-corrected chi connectivity index (χ4v) is 2.72. The maximum atomic E-state index is 12.3. The SMILES string of the molecule is O=C(NCCCOCc1ccco1)c1cccc(NC(=O)c2ccc(Br)o2)c1. The molecule has 0 aliphatic carbocycles. The first kappa shape index (κ1) is 19.9. The monoisotopic (exact) mass is 446 g/mol.